The molecule has 0 bridgehead atoms. The molecule has 1 saturated carbocycles. The Hall–Kier alpha value is -1.69. The molecule has 2 aliphatic heterocycles. The van der Waals surface area contributed by atoms with Gasteiger partial charge in [-0.3, -0.25) is 9.69 Å². The molecule has 1 aromatic carbocycles. The lowest BCUT2D eigenvalue weighted by molar-refractivity contribution is -0.129. The van der Waals surface area contributed by atoms with Gasteiger partial charge in [0.15, 0.2) is 0 Å². The van der Waals surface area contributed by atoms with E-state index < -0.39 is 5.92 Å². The van der Waals surface area contributed by atoms with Gasteiger partial charge in [-0.15, -0.1) is 0 Å². The van der Waals surface area contributed by atoms with Crippen LogP contribution in [0.4, 0.5) is 20.2 Å². The molecule has 0 unspecified atom stereocenters. The van der Waals surface area contributed by atoms with Gasteiger partial charge in [0.05, 0.1) is 0 Å². The Bertz CT molecular complexity index is 720. The summed E-state index contributed by atoms with van der Waals surface area (Å²) < 4.78 is 26.0. The van der Waals surface area contributed by atoms with Crippen LogP contribution in [0.25, 0.3) is 0 Å². The van der Waals surface area contributed by atoms with Crippen LogP contribution in [-0.4, -0.2) is 49.0 Å². The third-order valence-corrected chi connectivity index (χ3v) is 6.63. The molecule has 0 aromatic heterocycles. The highest BCUT2D eigenvalue weighted by Gasteiger charge is 2.45. The van der Waals surface area contributed by atoms with Crippen LogP contribution in [0.15, 0.2) is 12.1 Å². The molecule has 4 nitrogen and oxygen atoms in total. The zero-order valence-corrected chi connectivity index (χ0v) is 16.9. The summed E-state index contributed by atoms with van der Waals surface area (Å²) in [5.41, 5.74) is 4.12. The normalized spacial score (nSPS) is 25.1. The van der Waals surface area contributed by atoms with E-state index in [1.165, 1.54) is 31.5 Å². The number of carbonyl (C=O) groups excluding carboxylic acids is 1. The second-order valence-corrected chi connectivity index (χ2v) is 8.97. The Morgan fingerprint density at radius 1 is 1.14 bits per heavy atom. The number of benzene rings is 1. The first-order valence-electron chi connectivity index (χ1n) is 10.6. The predicted molar refractivity (Wildman–Crippen MR) is 108 cm³/mol. The van der Waals surface area contributed by atoms with Crippen LogP contribution in [0.5, 0.6) is 0 Å². The number of alkyl halides is 2. The van der Waals surface area contributed by atoms with Crippen molar-refractivity contribution >= 4 is 17.3 Å². The van der Waals surface area contributed by atoms with Crippen molar-refractivity contribution in [2.45, 2.75) is 64.3 Å². The minimum absolute atomic E-state index is 0.157. The van der Waals surface area contributed by atoms with Crippen LogP contribution in [0.1, 0.15) is 49.7 Å². The van der Waals surface area contributed by atoms with Crippen LogP contribution in [0.3, 0.4) is 0 Å². The largest absolute Gasteiger partial charge is 0.369 e. The van der Waals surface area contributed by atoms with Crippen molar-refractivity contribution in [2.75, 3.05) is 36.4 Å². The predicted octanol–water partition coefficient (Wildman–Crippen LogP) is 4.35. The second kappa shape index (κ2) is 7.62. The molecule has 6 heteroatoms. The zero-order chi connectivity index (χ0) is 19.9. The second-order valence-electron chi connectivity index (χ2n) is 8.97. The standard InChI is InChI=1S/C22H31F2N3O/c1-15-9-19(27-8-7-26-6-4-3-5-18(26)14-27)10-16(2)21(15)25-20(28)11-17-12-22(23,24)13-17/h9-10,17-18H,3-8,11-14H2,1-2H3,(H,25,28)/t18-/m0/s1. The number of anilines is 2. The van der Waals surface area contributed by atoms with Gasteiger partial charge >= 0.3 is 0 Å². The van der Waals surface area contributed by atoms with E-state index in [0.29, 0.717) is 6.04 Å². The molecule has 1 atom stereocenters. The number of halogens is 2. The van der Waals surface area contributed by atoms with Gasteiger partial charge in [-0.05, 0) is 62.4 Å². The third kappa shape index (κ3) is 4.17. The van der Waals surface area contributed by atoms with Gasteiger partial charge in [-0.25, -0.2) is 8.78 Å². The van der Waals surface area contributed by atoms with Crippen LogP contribution < -0.4 is 10.2 Å². The summed E-state index contributed by atoms with van der Waals surface area (Å²) in [5.74, 6) is -2.92. The quantitative estimate of drug-likeness (QED) is 0.829. The van der Waals surface area contributed by atoms with Gasteiger partial charge in [0.25, 0.3) is 0 Å². The SMILES string of the molecule is Cc1cc(N2CCN3CCCC[C@H]3C2)cc(C)c1NC(=O)CC1CC(F)(F)C1. The number of hydrogen-bond acceptors (Lipinski definition) is 3. The van der Waals surface area contributed by atoms with Crippen LogP contribution in [0, 0.1) is 19.8 Å². The van der Waals surface area contributed by atoms with E-state index >= 15 is 0 Å². The average molecular weight is 392 g/mol. The lowest BCUT2D eigenvalue weighted by atomic mass is 9.79. The fourth-order valence-corrected chi connectivity index (χ4v) is 5.09. The molecule has 1 aromatic rings. The number of nitrogens with zero attached hydrogens (tertiary/aromatic N) is 2. The van der Waals surface area contributed by atoms with Crippen molar-refractivity contribution in [1.82, 2.24) is 4.90 Å². The van der Waals surface area contributed by atoms with Crippen molar-refractivity contribution in [3.05, 3.63) is 23.3 Å². The molecule has 4 rings (SSSR count). The van der Waals surface area contributed by atoms with E-state index in [-0.39, 0.29) is 31.1 Å². The van der Waals surface area contributed by atoms with Gasteiger partial charge in [0.1, 0.15) is 0 Å². The monoisotopic (exact) mass is 391 g/mol. The lowest BCUT2D eigenvalue weighted by Gasteiger charge is -2.45. The molecule has 28 heavy (non-hydrogen) atoms. The highest BCUT2D eigenvalue weighted by atomic mass is 19.3. The first-order chi connectivity index (χ1) is 13.3. The van der Waals surface area contributed by atoms with Gasteiger partial charge in [-0.1, -0.05) is 6.42 Å². The average Bonchev–Trinajstić information content (AvgIpc) is 2.62. The number of nitrogens with one attached hydrogen (secondary N) is 1. The molecular weight excluding hydrogens is 360 g/mol. The van der Waals surface area contributed by atoms with Gasteiger partial charge in [0, 0.05) is 56.3 Å². The van der Waals surface area contributed by atoms with Crippen molar-refractivity contribution in [1.29, 1.82) is 0 Å². The van der Waals surface area contributed by atoms with E-state index in [9.17, 15) is 13.6 Å². The summed E-state index contributed by atoms with van der Waals surface area (Å²) in [6, 6.07) is 4.96. The van der Waals surface area contributed by atoms with Crippen LogP contribution in [0.2, 0.25) is 0 Å². The summed E-state index contributed by atoms with van der Waals surface area (Å²) >= 11 is 0. The fourth-order valence-electron chi connectivity index (χ4n) is 5.09. The Morgan fingerprint density at radius 3 is 2.54 bits per heavy atom. The Morgan fingerprint density at radius 2 is 1.86 bits per heavy atom. The van der Waals surface area contributed by atoms with Crippen molar-refractivity contribution in [3.63, 3.8) is 0 Å². The molecule has 3 fully saturated rings. The molecule has 3 aliphatic rings. The Balaban J connectivity index is 1.40. The highest BCUT2D eigenvalue weighted by molar-refractivity contribution is 5.93. The molecule has 2 heterocycles. The molecule has 1 amide bonds. The number of piperazine rings is 1. The van der Waals surface area contributed by atoms with Crippen LogP contribution in [-0.2, 0) is 4.79 Å². The maximum absolute atomic E-state index is 13.0. The number of piperidine rings is 1. The number of carbonyl (C=O) groups is 1. The van der Waals surface area contributed by atoms with Gasteiger partial charge < -0.3 is 10.2 Å². The zero-order valence-electron chi connectivity index (χ0n) is 16.9. The van der Waals surface area contributed by atoms with Crippen LogP contribution >= 0.6 is 0 Å². The number of fused-ring (bicyclic) bond motifs is 1. The molecule has 2 saturated heterocycles. The molecule has 0 spiro atoms. The topological polar surface area (TPSA) is 35.6 Å². The maximum Gasteiger partial charge on any atom is 0.248 e. The summed E-state index contributed by atoms with van der Waals surface area (Å²) in [7, 11) is 0. The Kier molecular flexibility index (Phi) is 5.34. The molecule has 0 radical (unpaired) electrons. The minimum atomic E-state index is -2.57. The van der Waals surface area contributed by atoms with E-state index in [1.807, 2.05) is 13.8 Å². The minimum Gasteiger partial charge on any atom is -0.369 e. The number of rotatable bonds is 4. The fraction of sp³-hybridized carbons (Fsp3) is 0.682. The first kappa shape index (κ1) is 19.6. The summed E-state index contributed by atoms with van der Waals surface area (Å²) in [4.78, 5) is 17.4. The number of aryl methyl sites for hydroxylation is 2. The van der Waals surface area contributed by atoms with Crippen molar-refractivity contribution in [3.8, 4) is 0 Å². The van der Waals surface area contributed by atoms with E-state index in [0.717, 1.165) is 36.4 Å². The third-order valence-electron chi connectivity index (χ3n) is 6.63. The van der Waals surface area contributed by atoms with Crippen molar-refractivity contribution < 1.29 is 13.6 Å². The maximum atomic E-state index is 13.0. The first-order valence-corrected chi connectivity index (χ1v) is 10.6. The van der Waals surface area contributed by atoms with Gasteiger partial charge in [0.2, 0.25) is 11.8 Å². The molecule has 1 N–H and O–H groups in total. The molecule has 154 valence electrons. The van der Waals surface area contributed by atoms with E-state index in [2.05, 4.69) is 27.2 Å². The summed E-state index contributed by atoms with van der Waals surface area (Å²) in [6.45, 7) is 8.49. The van der Waals surface area contributed by atoms with E-state index in [1.54, 1.807) is 0 Å². The lowest BCUT2D eigenvalue weighted by Crippen LogP contribution is -2.54. The summed E-state index contributed by atoms with van der Waals surface area (Å²) in [5, 5.41) is 2.97. The summed E-state index contributed by atoms with van der Waals surface area (Å²) in [6.07, 6.45) is 3.78. The van der Waals surface area contributed by atoms with Crippen molar-refractivity contribution in [2.24, 2.45) is 5.92 Å². The number of hydrogen-bond donors (Lipinski definition) is 1. The smallest absolute Gasteiger partial charge is 0.248 e. The Labute approximate surface area is 166 Å². The molecular formula is C22H31F2N3O. The van der Waals surface area contributed by atoms with Gasteiger partial charge in [-0.2, -0.15) is 0 Å². The van der Waals surface area contributed by atoms with E-state index in [4.69, 9.17) is 0 Å². The molecule has 1 aliphatic carbocycles. The number of amides is 1. The highest BCUT2D eigenvalue weighted by Crippen LogP contribution is 2.44.